The molecule has 3 heteroatoms. The highest BCUT2D eigenvalue weighted by atomic mass is 16.5. The van der Waals surface area contributed by atoms with Crippen LogP contribution in [0, 0.1) is 5.92 Å². The fourth-order valence-corrected chi connectivity index (χ4v) is 2.68. The molecular weight excluding hydrogens is 176 g/mol. The van der Waals surface area contributed by atoms with E-state index in [4.69, 9.17) is 4.74 Å². The number of nitrogens with zero attached hydrogens (tertiary/aromatic N) is 1. The number of ether oxygens (including phenoxy) is 1. The van der Waals surface area contributed by atoms with E-state index < -0.39 is 0 Å². The van der Waals surface area contributed by atoms with Crippen LogP contribution in [0.4, 0.5) is 0 Å². The molecule has 0 radical (unpaired) electrons. The van der Waals surface area contributed by atoms with Crippen LogP contribution < -0.4 is 5.32 Å². The molecule has 2 heterocycles. The van der Waals surface area contributed by atoms with Crippen LogP contribution in [0.5, 0.6) is 0 Å². The van der Waals surface area contributed by atoms with Gasteiger partial charge < -0.3 is 10.1 Å². The van der Waals surface area contributed by atoms with E-state index in [2.05, 4.69) is 24.1 Å². The standard InChI is InChI=1S/C11H22N2O/c1-9-5-13(6-10(2)12-9)7-11-3-4-14-8-11/h9-12H,3-8H2,1-2H3/t9-,10+,11?. The van der Waals surface area contributed by atoms with Crippen molar-refractivity contribution < 1.29 is 4.74 Å². The summed E-state index contributed by atoms with van der Waals surface area (Å²) in [4.78, 5) is 2.59. The highest BCUT2D eigenvalue weighted by molar-refractivity contribution is 4.82. The van der Waals surface area contributed by atoms with Gasteiger partial charge in [-0.1, -0.05) is 0 Å². The predicted octanol–water partition coefficient (Wildman–Crippen LogP) is 0.705. The monoisotopic (exact) mass is 198 g/mol. The molecule has 0 aromatic heterocycles. The first-order chi connectivity index (χ1) is 6.74. The predicted molar refractivity (Wildman–Crippen MR) is 57.4 cm³/mol. The van der Waals surface area contributed by atoms with Crippen LogP contribution in [0.1, 0.15) is 20.3 Å². The molecule has 0 aromatic carbocycles. The normalized spacial score (nSPS) is 40.3. The quantitative estimate of drug-likeness (QED) is 0.707. The zero-order valence-corrected chi connectivity index (χ0v) is 9.33. The Labute approximate surface area is 86.8 Å². The van der Waals surface area contributed by atoms with Gasteiger partial charge in [-0.25, -0.2) is 0 Å². The molecule has 2 fully saturated rings. The second-order valence-electron chi connectivity index (χ2n) is 4.92. The fraction of sp³-hybridized carbons (Fsp3) is 1.00. The SMILES string of the molecule is C[C@@H]1CN(CC2CCOC2)C[C@H](C)N1. The van der Waals surface area contributed by atoms with Crippen molar-refractivity contribution in [2.24, 2.45) is 5.92 Å². The van der Waals surface area contributed by atoms with Crippen LogP contribution >= 0.6 is 0 Å². The van der Waals surface area contributed by atoms with Crippen molar-refractivity contribution in [3.63, 3.8) is 0 Å². The van der Waals surface area contributed by atoms with Crippen molar-refractivity contribution >= 4 is 0 Å². The Morgan fingerprint density at radius 3 is 2.57 bits per heavy atom. The maximum atomic E-state index is 5.41. The van der Waals surface area contributed by atoms with Crippen molar-refractivity contribution in [3.8, 4) is 0 Å². The summed E-state index contributed by atoms with van der Waals surface area (Å²) in [6, 6.07) is 1.28. The highest BCUT2D eigenvalue weighted by Crippen LogP contribution is 2.15. The molecule has 0 saturated carbocycles. The van der Waals surface area contributed by atoms with Crippen molar-refractivity contribution in [1.82, 2.24) is 10.2 Å². The summed E-state index contributed by atoms with van der Waals surface area (Å²) in [5.41, 5.74) is 0. The summed E-state index contributed by atoms with van der Waals surface area (Å²) >= 11 is 0. The van der Waals surface area contributed by atoms with Gasteiger partial charge in [0.05, 0.1) is 6.61 Å². The maximum Gasteiger partial charge on any atom is 0.0507 e. The van der Waals surface area contributed by atoms with E-state index in [9.17, 15) is 0 Å². The number of hydrogen-bond donors (Lipinski definition) is 1. The van der Waals surface area contributed by atoms with Gasteiger partial charge >= 0.3 is 0 Å². The number of hydrogen-bond acceptors (Lipinski definition) is 3. The Morgan fingerprint density at radius 2 is 2.00 bits per heavy atom. The minimum absolute atomic E-state index is 0.640. The molecule has 3 nitrogen and oxygen atoms in total. The first-order valence-corrected chi connectivity index (χ1v) is 5.80. The summed E-state index contributed by atoms with van der Waals surface area (Å²) in [7, 11) is 0. The summed E-state index contributed by atoms with van der Waals surface area (Å²) in [5, 5.41) is 3.56. The maximum absolute atomic E-state index is 5.41. The van der Waals surface area contributed by atoms with Crippen molar-refractivity contribution in [1.29, 1.82) is 0 Å². The zero-order valence-electron chi connectivity index (χ0n) is 9.33. The number of nitrogens with one attached hydrogen (secondary N) is 1. The van der Waals surface area contributed by atoms with E-state index in [0.717, 1.165) is 19.1 Å². The smallest absolute Gasteiger partial charge is 0.0507 e. The lowest BCUT2D eigenvalue weighted by Crippen LogP contribution is -2.55. The molecule has 14 heavy (non-hydrogen) atoms. The lowest BCUT2D eigenvalue weighted by atomic mass is 10.1. The van der Waals surface area contributed by atoms with Crippen molar-refractivity contribution in [3.05, 3.63) is 0 Å². The minimum atomic E-state index is 0.640. The molecule has 2 aliphatic rings. The lowest BCUT2D eigenvalue weighted by molar-refractivity contribution is 0.134. The fourth-order valence-electron chi connectivity index (χ4n) is 2.68. The molecule has 1 N–H and O–H groups in total. The van der Waals surface area contributed by atoms with E-state index in [1.165, 1.54) is 26.1 Å². The molecule has 1 unspecified atom stereocenters. The van der Waals surface area contributed by atoms with Gasteiger partial charge in [0.2, 0.25) is 0 Å². The van der Waals surface area contributed by atoms with Crippen LogP contribution in [-0.2, 0) is 4.74 Å². The van der Waals surface area contributed by atoms with Crippen molar-refractivity contribution in [2.75, 3.05) is 32.8 Å². The topological polar surface area (TPSA) is 24.5 Å². The Hall–Kier alpha value is -0.120. The molecule has 2 rings (SSSR count). The molecule has 0 amide bonds. The highest BCUT2D eigenvalue weighted by Gasteiger charge is 2.24. The van der Waals surface area contributed by atoms with E-state index in [1.54, 1.807) is 0 Å². The largest absolute Gasteiger partial charge is 0.381 e. The first-order valence-electron chi connectivity index (χ1n) is 5.80. The van der Waals surface area contributed by atoms with Gasteiger partial charge in [0.15, 0.2) is 0 Å². The lowest BCUT2D eigenvalue weighted by Gasteiger charge is -2.37. The van der Waals surface area contributed by atoms with E-state index >= 15 is 0 Å². The van der Waals surface area contributed by atoms with Crippen molar-refractivity contribution in [2.45, 2.75) is 32.4 Å². The molecule has 0 aliphatic carbocycles. The van der Waals surface area contributed by atoms with Crippen LogP contribution in [0.25, 0.3) is 0 Å². The summed E-state index contributed by atoms with van der Waals surface area (Å²) in [5.74, 6) is 0.785. The van der Waals surface area contributed by atoms with Gasteiger partial charge in [0.25, 0.3) is 0 Å². The van der Waals surface area contributed by atoms with Gasteiger partial charge in [-0.05, 0) is 26.2 Å². The zero-order chi connectivity index (χ0) is 9.97. The summed E-state index contributed by atoms with van der Waals surface area (Å²) in [6.07, 6.45) is 1.26. The average molecular weight is 198 g/mol. The first kappa shape index (κ1) is 10.4. The Bertz CT molecular complexity index is 170. The van der Waals surface area contributed by atoms with Crippen LogP contribution in [-0.4, -0.2) is 49.8 Å². The number of rotatable bonds is 2. The van der Waals surface area contributed by atoms with Gasteiger partial charge in [0.1, 0.15) is 0 Å². The Morgan fingerprint density at radius 1 is 1.29 bits per heavy atom. The van der Waals surface area contributed by atoms with Gasteiger partial charge in [0, 0.05) is 38.3 Å². The molecule has 0 spiro atoms. The Kier molecular flexibility index (Phi) is 3.42. The van der Waals surface area contributed by atoms with E-state index in [1.807, 2.05) is 0 Å². The van der Waals surface area contributed by atoms with E-state index in [0.29, 0.717) is 12.1 Å². The summed E-state index contributed by atoms with van der Waals surface area (Å²) in [6.45, 7) is 10.1. The molecular formula is C11H22N2O. The molecule has 2 saturated heterocycles. The molecule has 82 valence electrons. The average Bonchev–Trinajstić information content (AvgIpc) is 2.54. The summed E-state index contributed by atoms with van der Waals surface area (Å²) < 4.78 is 5.41. The molecule has 2 aliphatic heterocycles. The molecule has 3 atom stereocenters. The minimum Gasteiger partial charge on any atom is -0.381 e. The second-order valence-corrected chi connectivity index (χ2v) is 4.92. The van der Waals surface area contributed by atoms with Crippen LogP contribution in [0.2, 0.25) is 0 Å². The second kappa shape index (κ2) is 4.60. The van der Waals surface area contributed by atoms with Gasteiger partial charge in [-0.15, -0.1) is 0 Å². The van der Waals surface area contributed by atoms with E-state index in [-0.39, 0.29) is 0 Å². The molecule has 0 bridgehead atoms. The third-order valence-corrected chi connectivity index (χ3v) is 3.17. The van der Waals surface area contributed by atoms with Gasteiger partial charge in [-0.3, -0.25) is 4.90 Å². The third kappa shape index (κ3) is 2.69. The van der Waals surface area contributed by atoms with Gasteiger partial charge in [-0.2, -0.15) is 0 Å². The number of piperazine rings is 1. The Balaban J connectivity index is 1.78. The van der Waals surface area contributed by atoms with Crippen LogP contribution in [0.3, 0.4) is 0 Å². The third-order valence-electron chi connectivity index (χ3n) is 3.17. The molecule has 0 aromatic rings. The van der Waals surface area contributed by atoms with Crippen LogP contribution in [0.15, 0.2) is 0 Å².